The monoisotopic (exact) mass is 322 g/mol. The average molecular weight is 323 g/mol. The first-order valence-electron chi connectivity index (χ1n) is 10.6. The molecule has 0 aromatic rings. The molecule has 0 aliphatic heterocycles. The van der Waals surface area contributed by atoms with E-state index in [4.69, 9.17) is 0 Å². The highest BCUT2D eigenvalue weighted by Gasteiger charge is 2.45. The van der Waals surface area contributed by atoms with Gasteiger partial charge in [-0.15, -0.1) is 0 Å². The molecule has 0 nitrogen and oxygen atoms in total. The molecule has 3 saturated carbocycles. The van der Waals surface area contributed by atoms with Crippen molar-refractivity contribution < 1.29 is 0 Å². The Labute approximate surface area is 141 Å². The molecule has 0 saturated heterocycles. The van der Waals surface area contributed by atoms with Crippen LogP contribution < -0.4 is 0 Å². The molecule has 0 spiro atoms. The second-order valence-corrected chi connectivity index (χ2v) is 11.7. The lowest BCUT2D eigenvalue weighted by Gasteiger charge is -2.53. The van der Waals surface area contributed by atoms with E-state index in [9.17, 15) is 0 Å². The van der Waals surface area contributed by atoms with Gasteiger partial charge < -0.3 is 0 Å². The molecular weight excluding hydrogens is 283 g/mol. The van der Waals surface area contributed by atoms with Crippen LogP contribution in [0, 0.1) is 0 Å². The largest absolute Gasteiger partial charge is 0.0940 e. The van der Waals surface area contributed by atoms with Gasteiger partial charge in [-0.25, -0.2) is 0 Å². The van der Waals surface area contributed by atoms with Crippen LogP contribution in [0.4, 0.5) is 0 Å². The summed E-state index contributed by atoms with van der Waals surface area (Å²) >= 11 is 0. The number of hydrogen-bond acceptors (Lipinski definition) is 0. The molecule has 0 radical (unpaired) electrons. The molecule has 0 N–H and O–H groups in total. The lowest BCUT2D eigenvalue weighted by atomic mass is 9.85. The molecule has 1 heteroatoms. The molecule has 3 aliphatic rings. The smallest absolute Gasteiger partial charge is 0.00895 e. The summed E-state index contributed by atoms with van der Waals surface area (Å²) < 4.78 is 0. The maximum absolute atomic E-state index is 2.46. The van der Waals surface area contributed by atoms with Crippen molar-refractivity contribution in [2.45, 2.75) is 133 Å². The van der Waals surface area contributed by atoms with E-state index in [1.807, 2.05) is 0 Å². The molecule has 0 aromatic carbocycles. The van der Waals surface area contributed by atoms with Crippen molar-refractivity contribution in [3.63, 3.8) is 0 Å². The Morgan fingerprint density at radius 1 is 0.682 bits per heavy atom. The summed E-state index contributed by atoms with van der Waals surface area (Å²) in [5.41, 5.74) is 2.33. The van der Waals surface area contributed by atoms with Crippen LogP contribution in [0.2, 0.25) is 0 Å². The van der Waals surface area contributed by atoms with Gasteiger partial charge in [0, 0.05) is 0 Å². The maximum Gasteiger partial charge on any atom is -0.00895 e. The van der Waals surface area contributed by atoms with Crippen molar-refractivity contribution in [2.75, 3.05) is 0 Å². The minimum Gasteiger partial charge on any atom is -0.0940 e. The van der Waals surface area contributed by atoms with Crippen molar-refractivity contribution in [3.8, 4) is 0 Å². The van der Waals surface area contributed by atoms with Gasteiger partial charge in [0.1, 0.15) is 0 Å². The van der Waals surface area contributed by atoms with Gasteiger partial charge in [-0.3, -0.25) is 0 Å². The van der Waals surface area contributed by atoms with Gasteiger partial charge in [-0.2, -0.15) is 0 Å². The summed E-state index contributed by atoms with van der Waals surface area (Å²) in [6, 6.07) is 0. The molecule has 0 amide bonds. The predicted octanol–water partition coefficient (Wildman–Crippen LogP) is 7.64. The molecule has 0 heterocycles. The Morgan fingerprint density at radius 2 is 1.14 bits per heavy atom. The third-order valence-electron chi connectivity index (χ3n) is 6.98. The first-order valence-corrected chi connectivity index (χ1v) is 12.1. The minimum atomic E-state index is 0.295. The normalized spacial score (nSPS) is 28.1. The summed E-state index contributed by atoms with van der Waals surface area (Å²) in [6.45, 7) is 2.46. The summed E-state index contributed by atoms with van der Waals surface area (Å²) in [5.74, 6) is 0. The van der Waals surface area contributed by atoms with Crippen molar-refractivity contribution in [1.29, 1.82) is 0 Å². The summed E-state index contributed by atoms with van der Waals surface area (Å²) in [7, 11) is 0.295. The molecule has 0 atom stereocenters. The van der Waals surface area contributed by atoms with E-state index < -0.39 is 0 Å². The molecular formula is C21H39P. The molecule has 0 unspecified atom stereocenters. The third kappa shape index (κ3) is 3.91. The SMILES string of the molecule is CCCC1(P(C2CCCCC2)C2CCCCC2)CCCCC1. The number of hydrogen-bond donors (Lipinski definition) is 0. The van der Waals surface area contributed by atoms with Gasteiger partial charge in [0.2, 0.25) is 0 Å². The second-order valence-electron chi connectivity index (χ2n) is 8.53. The van der Waals surface area contributed by atoms with Crippen LogP contribution in [0.25, 0.3) is 0 Å². The topological polar surface area (TPSA) is 0 Å². The minimum absolute atomic E-state index is 0.295. The first kappa shape index (κ1) is 17.3. The van der Waals surface area contributed by atoms with E-state index in [2.05, 4.69) is 6.92 Å². The summed E-state index contributed by atoms with van der Waals surface area (Å²) in [5, 5.41) is 0.826. The summed E-state index contributed by atoms with van der Waals surface area (Å²) in [4.78, 5) is 0. The van der Waals surface area contributed by atoms with Crippen molar-refractivity contribution >= 4 is 7.92 Å². The van der Waals surface area contributed by atoms with E-state index in [0.717, 1.165) is 16.5 Å². The van der Waals surface area contributed by atoms with Crippen LogP contribution in [0.5, 0.6) is 0 Å². The fraction of sp³-hybridized carbons (Fsp3) is 1.00. The molecule has 3 aliphatic carbocycles. The van der Waals surface area contributed by atoms with Gasteiger partial charge in [-0.1, -0.05) is 79.1 Å². The Morgan fingerprint density at radius 3 is 1.59 bits per heavy atom. The van der Waals surface area contributed by atoms with Crippen molar-refractivity contribution in [3.05, 3.63) is 0 Å². The highest BCUT2D eigenvalue weighted by atomic mass is 31.1. The van der Waals surface area contributed by atoms with Gasteiger partial charge in [0.15, 0.2) is 0 Å². The number of rotatable bonds is 5. The molecule has 3 fully saturated rings. The van der Waals surface area contributed by atoms with E-state index in [0.29, 0.717) is 7.92 Å². The van der Waals surface area contributed by atoms with E-state index in [1.165, 1.54) is 25.7 Å². The van der Waals surface area contributed by atoms with E-state index in [-0.39, 0.29) is 0 Å². The predicted molar refractivity (Wildman–Crippen MR) is 101 cm³/mol. The Bertz CT molecular complexity index is 282. The van der Waals surface area contributed by atoms with Crippen molar-refractivity contribution in [1.82, 2.24) is 0 Å². The van der Waals surface area contributed by atoms with Crippen molar-refractivity contribution in [2.24, 2.45) is 0 Å². The van der Waals surface area contributed by atoms with Gasteiger partial charge >= 0.3 is 0 Å². The molecule has 3 rings (SSSR count). The lowest BCUT2D eigenvalue weighted by molar-refractivity contribution is 0.354. The van der Waals surface area contributed by atoms with Crippen LogP contribution in [0.1, 0.15) is 116 Å². The standard InChI is InChI=1S/C21H39P/c1-2-16-21(17-10-5-11-18-21)22(19-12-6-3-7-13-19)20-14-8-4-9-15-20/h19-20H,2-18H2,1H3. The van der Waals surface area contributed by atoms with Gasteiger partial charge in [-0.05, 0) is 61.4 Å². The molecule has 0 aromatic heterocycles. The third-order valence-corrected chi connectivity index (χ3v) is 11.4. The summed E-state index contributed by atoms with van der Waals surface area (Å²) in [6.07, 6.45) is 26.6. The van der Waals surface area contributed by atoms with E-state index in [1.54, 1.807) is 83.5 Å². The van der Waals surface area contributed by atoms with E-state index >= 15 is 0 Å². The fourth-order valence-corrected chi connectivity index (χ4v) is 11.4. The quantitative estimate of drug-likeness (QED) is 0.456. The molecule has 22 heavy (non-hydrogen) atoms. The van der Waals surface area contributed by atoms with Crippen LogP contribution in [-0.2, 0) is 0 Å². The Kier molecular flexibility index (Phi) is 6.67. The van der Waals surface area contributed by atoms with Gasteiger partial charge in [0.25, 0.3) is 0 Å². The maximum atomic E-state index is 2.46. The molecule has 0 bridgehead atoms. The lowest BCUT2D eigenvalue weighted by Crippen LogP contribution is -2.38. The fourth-order valence-electron chi connectivity index (χ4n) is 6.10. The zero-order valence-electron chi connectivity index (χ0n) is 15.1. The molecule has 128 valence electrons. The van der Waals surface area contributed by atoms with Crippen LogP contribution >= 0.6 is 7.92 Å². The zero-order valence-corrected chi connectivity index (χ0v) is 16.0. The highest BCUT2D eigenvalue weighted by molar-refractivity contribution is 7.60. The zero-order chi connectivity index (χ0) is 15.3. The highest BCUT2D eigenvalue weighted by Crippen LogP contribution is 2.68. The van der Waals surface area contributed by atoms with Gasteiger partial charge in [0.05, 0.1) is 0 Å². The van der Waals surface area contributed by atoms with Crippen LogP contribution in [0.3, 0.4) is 0 Å². The van der Waals surface area contributed by atoms with Crippen LogP contribution in [-0.4, -0.2) is 16.5 Å². The Balaban J connectivity index is 1.83. The second kappa shape index (κ2) is 8.50. The van der Waals surface area contributed by atoms with Crippen LogP contribution in [0.15, 0.2) is 0 Å². The average Bonchev–Trinajstić information content (AvgIpc) is 2.58. The first-order chi connectivity index (χ1) is 10.9. The Hall–Kier alpha value is 0.430.